The van der Waals surface area contributed by atoms with Crippen molar-refractivity contribution in [2.75, 3.05) is 0 Å². The third kappa shape index (κ3) is 5.79. The summed E-state index contributed by atoms with van der Waals surface area (Å²) >= 11 is 0. The molecule has 2 aliphatic rings. The summed E-state index contributed by atoms with van der Waals surface area (Å²) in [6.07, 6.45) is 0. The van der Waals surface area contributed by atoms with E-state index in [0.29, 0.717) is 0 Å². The van der Waals surface area contributed by atoms with Crippen LogP contribution in [0.4, 0.5) is 0 Å². The Labute approximate surface area is 462 Å². The van der Waals surface area contributed by atoms with E-state index in [0.717, 1.165) is 0 Å². The van der Waals surface area contributed by atoms with E-state index in [4.69, 9.17) is 0 Å². The van der Waals surface area contributed by atoms with Crippen molar-refractivity contribution >= 4 is 86.2 Å². The highest BCUT2D eigenvalue weighted by atomic mass is 14.4. The van der Waals surface area contributed by atoms with E-state index in [9.17, 15) is 0 Å². The van der Waals surface area contributed by atoms with Gasteiger partial charge in [0.15, 0.2) is 0 Å². The van der Waals surface area contributed by atoms with Gasteiger partial charge in [0.25, 0.3) is 0 Å². The first-order valence-electron chi connectivity index (χ1n) is 28.0. The molecule has 18 rings (SSSR count). The second-order valence-electron chi connectivity index (χ2n) is 21.9. The molecular weight excluding hydrogens is 961 g/mol. The lowest BCUT2D eigenvalue weighted by Gasteiger charge is -2.23. The van der Waals surface area contributed by atoms with E-state index in [1.807, 2.05) is 0 Å². The fourth-order valence-electron chi connectivity index (χ4n) is 15.1. The van der Waals surface area contributed by atoms with Crippen molar-refractivity contribution in [1.29, 1.82) is 0 Å². The average Bonchev–Trinajstić information content (AvgIpc) is 4.10. The molecule has 80 heavy (non-hydrogen) atoms. The lowest BCUT2D eigenvalue weighted by molar-refractivity contribution is 1.63. The van der Waals surface area contributed by atoms with Crippen molar-refractivity contribution in [3.05, 3.63) is 279 Å². The molecule has 0 atom stereocenters. The van der Waals surface area contributed by atoms with E-state index >= 15 is 0 Å². The number of fused-ring (bicyclic) bond motifs is 18. The van der Waals surface area contributed by atoms with Crippen molar-refractivity contribution in [3.8, 4) is 100 Å². The van der Waals surface area contributed by atoms with Crippen LogP contribution < -0.4 is 0 Å². The van der Waals surface area contributed by atoms with Gasteiger partial charge in [-0.25, -0.2) is 0 Å². The number of rotatable bonds is 5. The molecule has 0 fully saturated rings. The number of hydrogen-bond acceptors (Lipinski definition) is 0. The van der Waals surface area contributed by atoms with Crippen LogP contribution in [0.15, 0.2) is 279 Å². The summed E-state index contributed by atoms with van der Waals surface area (Å²) in [6.45, 7) is 0. The maximum atomic E-state index is 2.46. The molecule has 0 spiro atoms. The first-order valence-corrected chi connectivity index (χ1v) is 28.0. The largest absolute Gasteiger partial charge is 0.0622 e. The van der Waals surface area contributed by atoms with Gasteiger partial charge in [0.1, 0.15) is 0 Å². The summed E-state index contributed by atoms with van der Waals surface area (Å²) in [6, 6.07) is 105. The van der Waals surface area contributed by atoms with Gasteiger partial charge in [-0.15, -0.1) is 0 Å². The zero-order chi connectivity index (χ0) is 52.2. The van der Waals surface area contributed by atoms with Crippen molar-refractivity contribution < 1.29 is 0 Å². The van der Waals surface area contributed by atoms with Crippen molar-refractivity contribution in [2.45, 2.75) is 0 Å². The lowest BCUT2D eigenvalue weighted by Crippen LogP contribution is -1.96. The molecule has 0 nitrogen and oxygen atoms in total. The first-order chi connectivity index (χ1) is 39.8. The highest BCUT2D eigenvalue weighted by Crippen LogP contribution is 2.63. The smallest absolute Gasteiger partial charge is 0.000718 e. The molecule has 0 aliphatic heterocycles. The quantitative estimate of drug-likeness (QED) is 0.151. The van der Waals surface area contributed by atoms with Crippen LogP contribution >= 0.6 is 0 Å². The minimum absolute atomic E-state index is 1.23. The fourth-order valence-corrected chi connectivity index (χ4v) is 15.1. The Morgan fingerprint density at radius 1 is 0.113 bits per heavy atom. The van der Waals surface area contributed by atoms with Crippen LogP contribution in [-0.2, 0) is 0 Å². The molecule has 2 aliphatic carbocycles. The van der Waals surface area contributed by atoms with Crippen LogP contribution in [0.2, 0.25) is 0 Å². The molecule has 16 aromatic carbocycles. The van der Waals surface area contributed by atoms with Gasteiger partial charge in [-0.2, -0.15) is 0 Å². The normalized spacial score (nSPS) is 12.2. The monoisotopic (exact) mass is 1010 g/mol. The highest BCUT2D eigenvalue weighted by Gasteiger charge is 2.36. The van der Waals surface area contributed by atoms with Gasteiger partial charge in [0, 0.05) is 0 Å². The number of benzene rings is 16. The molecule has 0 unspecified atom stereocenters. The summed E-state index contributed by atoms with van der Waals surface area (Å²) in [5, 5.41) is 20.6. The maximum Gasteiger partial charge on any atom is -0.000718 e. The average molecular weight is 1010 g/mol. The molecule has 16 aromatic rings. The molecule has 0 bridgehead atoms. The Balaban J connectivity index is 0.965. The zero-order valence-corrected chi connectivity index (χ0v) is 43.6. The van der Waals surface area contributed by atoms with E-state index in [1.165, 1.54) is 186 Å². The van der Waals surface area contributed by atoms with Gasteiger partial charge in [-0.3, -0.25) is 0 Å². The molecule has 0 saturated carbocycles. The van der Waals surface area contributed by atoms with Crippen LogP contribution in [-0.4, -0.2) is 0 Å². The Bertz CT molecular complexity index is 4760. The highest BCUT2D eigenvalue weighted by molar-refractivity contribution is 6.40. The van der Waals surface area contributed by atoms with Crippen molar-refractivity contribution in [2.24, 2.45) is 0 Å². The minimum atomic E-state index is 1.23. The Kier molecular flexibility index (Phi) is 9.04. The SMILES string of the molecule is c1ccc(-c2c3c(c(-c4ccccc4)c4c5ccccc5c5ccccc5c24)-c2ccc(-c4ccc5c6c(cccc46)-c4c-5c(-c5ccccc5)c5c6ccccc6c6ccccc6c5c4-c4ccccc4)c4cccc-3c24)cc1. The molecule has 0 saturated heterocycles. The first kappa shape index (κ1) is 43.7. The Morgan fingerprint density at radius 2 is 0.325 bits per heavy atom. The Hall–Kier alpha value is -10.4. The molecule has 0 heteroatoms. The van der Waals surface area contributed by atoms with Crippen molar-refractivity contribution in [3.63, 3.8) is 0 Å². The fraction of sp³-hybridized carbons (Fsp3) is 0. The van der Waals surface area contributed by atoms with Gasteiger partial charge in [0.2, 0.25) is 0 Å². The standard InChI is InChI=1S/C80H46/c1-5-23-47(24-6-1)67-73-59-35-17-13-31-51(59)53-33-15-19-37-61(53)75(73)69(49-27-9-3-10-28-49)79-65-45-43-55(57-39-21-41-63(71(57)65)77(67)79)56-44-46-66-72-58(56)40-22-42-64(72)78-68(48-25-7-2-8-26-48)74-60-36-18-14-32-52(60)54-34-16-20-38-62(54)76(74)70(80(66)78)50-29-11-4-12-30-50/h1-46H. The summed E-state index contributed by atoms with van der Waals surface area (Å²) in [5.74, 6) is 0. The maximum absolute atomic E-state index is 2.46. The molecule has 0 amide bonds. The van der Waals surface area contributed by atoms with E-state index in [1.54, 1.807) is 0 Å². The molecule has 366 valence electrons. The van der Waals surface area contributed by atoms with Gasteiger partial charge in [-0.1, -0.05) is 279 Å². The molecule has 0 aromatic heterocycles. The van der Waals surface area contributed by atoms with Crippen molar-refractivity contribution in [1.82, 2.24) is 0 Å². The van der Waals surface area contributed by atoms with Crippen LogP contribution in [0.25, 0.3) is 186 Å². The Morgan fingerprint density at radius 3 is 0.600 bits per heavy atom. The molecular formula is C80H46. The third-order valence-electron chi connectivity index (χ3n) is 18.1. The zero-order valence-electron chi connectivity index (χ0n) is 43.6. The second kappa shape index (κ2) is 16.6. The second-order valence-corrected chi connectivity index (χ2v) is 21.9. The predicted octanol–water partition coefficient (Wildman–Crippen LogP) is 22.5. The summed E-state index contributed by atoms with van der Waals surface area (Å²) < 4.78 is 0. The van der Waals surface area contributed by atoms with E-state index in [-0.39, 0.29) is 0 Å². The molecule has 0 radical (unpaired) electrons. The van der Waals surface area contributed by atoms with Gasteiger partial charge in [0.05, 0.1) is 0 Å². The van der Waals surface area contributed by atoms with Gasteiger partial charge < -0.3 is 0 Å². The van der Waals surface area contributed by atoms with Crippen LogP contribution in [0.1, 0.15) is 0 Å². The van der Waals surface area contributed by atoms with E-state index in [2.05, 4.69) is 279 Å². The van der Waals surface area contributed by atoms with Crippen LogP contribution in [0.3, 0.4) is 0 Å². The summed E-state index contributed by atoms with van der Waals surface area (Å²) in [4.78, 5) is 0. The topological polar surface area (TPSA) is 0 Å². The van der Waals surface area contributed by atoms with Crippen LogP contribution in [0, 0.1) is 0 Å². The molecule has 0 N–H and O–H groups in total. The van der Waals surface area contributed by atoms with Gasteiger partial charge >= 0.3 is 0 Å². The molecule has 0 heterocycles. The van der Waals surface area contributed by atoms with Gasteiger partial charge in [-0.05, 0) is 186 Å². The van der Waals surface area contributed by atoms with E-state index < -0.39 is 0 Å². The summed E-state index contributed by atoms with van der Waals surface area (Å²) in [5.41, 5.74) is 23.0. The van der Waals surface area contributed by atoms with Crippen LogP contribution in [0.5, 0.6) is 0 Å². The third-order valence-corrected chi connectivity index (χ3v) is 18.1. The predicted molar refractivity (Wildman–Crippen MR) is 343 cm³/mol. The minimum Gasteiger partial charge on any atom is -0.0622 e. The summed E-state index contributed by atoms with van der Waals surface area (Å²) in [7, 11) is 0. The lowest BCUT2D eigenvalue weighted by atomic mass is 9.79. The number of hydrogen-bond donors (Lipinski definition) is 0.